The molecule has 30 heavy (non-hydrogen) atoms. The zero-order valence-electron chi connectivity index (χ0n) is 15.1. The summed E-state index contributed by atoms with van der Waals surface area (Å²) in [5, 5.41) is 0. The molecule has 0 heterocycles. The van der Waals surface area contributed by atoms with Gasteiger partial charge in [0.1, 0.15) is 0 Å². The molecule has 3 rings (SSSR count). The van der Waals surface area contributed by atoms with E-state index in [4.69, 9.17) is 3.63 Å². The van der Waals surface area contributed by atoms with E-state index in [0.717, 1.165) is 0 Å². The highest BCUT2D eigenvalue weighted by atomic mass is 33.2. The third-order valence-corrected chi connectivity index (χ3v) is 12.0. The van der Waals surface area contributed by atoms with E-state index in [0.29, 0.717) is 0 Å². The number of halogens is 3. The minimum atomic E-state index is -6.66. The number of rotatable bonds is 6. The summed E-state index contributed by atoms with van der Waals surface area (Å²) in [6.45, 7) is 0. The smallest absolute Gasteiger partial charge is 0.201 e. The molecule has 3 aromatic rings. The topological polar surface area (TPSA) is 77.5 Å². The predicted molar refractivity (Wildman–Crippen MR) is 107 cm³/mol. The molecule has 0 N–H and O–H groups in total. The molecule has 0 aromatic heterocycles. The predicted octanol–water partition coefficient (Wildman–Crippen LogP) is 5.08. The normalized spacial score (nSPS) is 13.7. The summed E-state index contributed by atoms with van der Waals surface area (Å²) in [5.41, 5.74) is -6.04. The van der Waals surface area contributed by atoms with Crippen LogP contribution in [0.1, 0.15) is 0 Å². The quantitative estimate of drug-likeness (QED) is 0.464. The van der Waals surface area contributed by atoms with Gasteiger partial charge in [-0.2, -0.15) is 25.2 Å². The van der Waals surface area contributed by atoms with Gasteiger partial charge in [-0.05, 0) is 46.7 Å². The van der Waals surface area contributed by atoms with E-state index in [1.54, 1.807) is 54.6 Å². The van der Waals surface area contributed by atoms with Crippen LogP contribution in [-0.4, -0.2) is 22.3 Å². The molecule has 11 heteroatoms. The Bertz CT molecular complexity index is 1120. The van der Waals surface area contributed by atoms with E-state index in [2.05, 4.69) is 0 Å². The van der Waals surface area contributed by atoms with Crippen molar-refractivity contribution >= 4 is 28.3 Å². The molecule has 0 saturated heterocycles. The van der Waals surface area contributed by atoms with Gasteiger partial charge < -0.3 is 0 Å². The largest absolute Gasteiger partial charge is 0.514 e. The van der Waals surface area contributed by atoms with Crippen molar-refractivity contribution in [1.29, 1.82) is 0 Å². The molecule has 0 fully saturated rings. The molecule has 5 nitrogen and oxygen atoms in total. The SMILES string of the molecule is O=S(=O)(OS(c1ccccc1)(c1ccccc1)c1ccccc1)S(=O)(=O)C(F)(F)F. The fraction of sp³-hybridized carbons (Fsp3) is 0.0526. The lowest BCUT2D eigenvalue weighted by molar-refractivity contribution is -0.0414. The van der Waals surface area contributed by atoms with Crippen molar-refractivity contribution in [2.75, 3.05) is 0 Å². The Morgan fingerprint density at radius 2 is 0.867 bits per heavy atom. The molecule has 3 aromatic carbocycles. The third kappa shape index (κ3) is 3.85. The Hall–Kier alpha value is -2.34. The van der Waals surface area contributed by atoms with Crippen LogP contribution in [0.5, 0.6) is 0 Å². The van der Waals surface area contributed by atoms with Crippen molar-refractivity contribution in [3.63, 3.8) is 0 Å². The monoisotopic (exact) mass is 476 g/mol. The highest BCUT2D eigenvalue weighted by molar-refractivity contribution is 8.67. The Morgan fingerprint density at radius 3 is 1.13 bits per heavy atom. The first-order valence-electron chi connectivity index (χ1n) is 8.28. The standard InChI is InChI=1S/C19H15F3O5S3/c20-19(21,22)29(23,24)30(25,26)27-28(16-10-4-1-5-11-16,17-12-6-2-7-13-17)18-14-8-3-9-15-18/h1-15H. The van der Waals surface area contributed by atoms with Gasteiger partial charge in [-0.25, -0.2) is 8.42 Å². The molecular formula is C19H15F3O5S3. The molecule has 0 aliphatic rings. The molecule has 0 aliphatic heterocycles. The highest BCUT2D eigenvalue weighted by Gasteiger charge is 2.58. The van der Waals surface area contributed by atoms with Crippen molar-refractivity contribution in [2.24, 2.45) is 0 Å². The maximum absolute atomic E-state index is 13.1. The average Bonchev–Trinajstić information content (AvgIpc) is 2.73. The van der Waals surface area contributed by atoms with Crippen LogP contribution in [0.4, 0.5) is 13.2 Å². The van der Waals surface area contributed by atoms with E-state index in [9.17, 15) is 30.0 Å². The zero-order valence-corrected chi connectivity index (χ0v) is 17.5. The summed E-state index contributed by atoms with van der Waals surface area (Å²) in [6.07, 6.45) is 0. The van der Waals surface area contributed by atoms with Crippen molar-refractivity contribution in [3.05, 3.63) is 91.0 Å². The first-order chi connectivity index (χ1) is 14.0. The average molecular weight is 477 g/mol. The third-order valence-electron chi connectivity index (χ3n) is 3.96. The molecule has 0 bridgehead atoms. The first kappa shape index (κ1) is 22.3. The number of alkyl halides is 3. The number of benzene rings is 3. The Labute approximate surface area is 173 Å². The zero-order chi connectivity index (χ0) is 22.0. The Balaban J connectivity index is 2.39. The van der Waals surface area contributed by atoms with Crippen molar-refractivity contribution < 1.29 is 33.6 Å². The fourth-order valence-electron chi connectivity index (χ4n) is 2.64. The van der Waals surface area contributed by atoms with Crippen LogP contribution in [0.2, 0.25) is 0 Å². The molecule has 0 unspecified atom stereocenters. The molecule has 0 atom stereocenters. The van der Waals surface area contributed by atoms with E-state index in [1.165, 1.54) is 36.4 Å². The van der Waals surface area contributed by atoms with Crippen molar-refractivity contribution in [3.8, 4) is 0 Å². The van der Waals surface area contributed by atoms with E-state index >= 15 is 0 Å². The van der Waals surface area contributed by atoms with Gasteiger partial charge in [0, 0.05) is 14.7 Å². The van der Waals surface area contributed by atoms with Crippen LogP contribution >= 0.6 is 10.3 Å². The first-order valence-corrected chi connectivity index (χ1v) is 13.2. The van der Waals surface area contributed by atoms with Gasteiger partial charge in [-0.1, -0.05) is 54.6 Å². The van der Waals surface area contributed by atoms with Crippen LogP contribution in [-0.2, 0) is 21.6 Å². The second-order valence-electron chi connectivity index (χ2n) is 5.87. The maximum Gasteiger partial charge on any atom is 0.514 e. The van der Waals surface area contributed by atoms with Gasteiger partial charge in [0.2, 0.25) is 0 Å². The summed E-state index contributed by atoms with van der Waals surface area (Å²) in [7, 11) is -16.2. The van der Waals surface area contributed by atoms with Crippen LogP contribution in [0, 0.1) is 0 Å². The van der Waals surface area contributed by atoms with Crippen LogP contribution in [0.25, 0.3) is 0 Å². The van der Waals surface area contributed by atoms with Gasteiger partial charge in [0.15, 0.2) is 0 Å². The van der Waals surface area contributed by atoms with Gasteiger partial charge in [-0.15, -0.1) is 0 Å². The Kier molecular flexibility index (Phi) is 6.01. The molecule has 0 aliphatic carbocycles. The van der Waals surface area contributed by atoms with Crippen LogP contribution < -0.4 is 0 Å². The van der Waals surface area contributed by atoms with Gasteiger partial charge in [0.05, 0.1) is 0 Å². The minimum absolute atomic E-state index is 0.211. The lowest BCUT2D eigenvalue weighted by Crippen LogP contribution is -2.33. The minimum Gasteiger partial charge on any atom is -0.201 e. The summed E-state index contributed by atoms with van der Waals surface area (Å²) < 4.78 is 93.0. The van der Waals surface area contributed by atoms with Crippen LogP contribution in [0.15, 0.2) is 106 Å². The second-order valence-corrected chi connectivity index (χ2v) is 13.7. The fourth-order valence-corrected chi connectivity index (χ4v) is 9.65. The molecule has 160 valence electrons. The van der Waals surface area contributed by atoms with Gasteiger partial charge >= 0.3 is 23.5 Å². The molecule has 0 radical (unpaired) electrons. The van der Waals surface area contributed by atoms with E-state index < -0.39 is 33.8 Å². The molecular weight excluding hydrogens is 461 g/mol. The Morgan fingerprint density at radius 1 is 0.567 bits per heavy atom. The summed E-state index contributed by atoms with van der Waals surface area (Å²) in [4.78, 5) is 0.634. The van der Waals surface area contributed by atoms with Gasteiger partial charge in [-0.3, -0.25) is 0 Å². The van der Waals surface area contributed by atoms with Crippen LogP contribution in [0.3, 0.4) is 0 Å². The lowest BCUT2D eigenvalue weighted by atomic mass is 10.4. The van der Waals surface area contributed by atoms with Crippen molar-refractivity contribution in [2.45, 2.75) is 20.2 Å². The van der Waals surface area contributed by atoms with E-state index in [-0.39, 0.29) is 14.7 Å². The maximum atomic E-state index is 13.1. The summed E-state index contributed by atoms with van der Waals surface area (Å²) >= 11 is 0. The summed E-state index contributed by atoms with van der Waals surface area (Å²) in [6, 6.07) is 23.1. The van der Waals surface area contributed by atoms with Crippen molar-refractivity contribution in [1.82, 2.24) is 0 Å². The van der Waals surface area contributed by atoms with Gasteiger partial charge in [0.25, 0.3) is 0 Å². The van der Waals surface area contributed by atoms with E-state index in [1.807, 2.05) is 0 Å². The number of hydrogen-bond donors (Lipinski definition) is 0. The summed E-state index contributed by atoms with van der Waals surface area (Å²) in [5.74, 6) is 0. The molecule has 0 spiro atoms. The molecule has 0 saturated carbocycles. The highest BCUT2D eigenvalue weighted by Crippen LogP contribution is 2.70. The second kappa shape index (κ2) is 8.06. The molecule has 0 amide bonds. The lowest BCUT2D eigenvalue weighted by Gasteiger charge is -2.39. The number of hydrogen-bond acceptors (Lipinski definition) is 5.